The van der Waals surface area contributed by atoms with Crippen LogP contribution in [0.4, 0.5) is 0 Å². The minimum absolute atomic E-state index is 0.0416. The second-order valence-electron chi connectivity index (χ2n) is 9.89. The van der Waals surface area contributed by atoms with Crippen LogP contribution in [0.2, 0.25) is 0 Å². The van der Waals surface area contributed by atoms with Gasteiger partial charge in [-0.2, -0.15) is 0 Å². The van der Waals surface area contributed by atoms with E-state index in [-0.39, 0.29) is 54.1 Å². The summed E-state index contributed by atoms with van der Waals surface area (Å²) in [6.07, 6.45) is 6.02. The van der Waals surface area contributed by atoms with Gasteiger partial charge in [-0.3, -0.25) is 19.2 Å². The number of benzene rings is 1. The van der Waals surface area contributed by atoms with Gasteiger partial charge in [0.15, 0.2) is 5.78 Å². The number of nitrogens with zero attached hydrogens (tertiary/aromatic N) is 1. The maximum absolute atomic E-state index is 13.7. The summed E-state index contributed by atoms with van der Waals surface area (Å²) in [5, 5.41) is 6.52. The number of allylic oxidation sites excluding steroid dienone is 1. The first kappa shape index (κ1) is 24.1. The van der Waals surface area contributed by atoms with Gasteiger partial charge in [0.25, 0.3) is 5.91 Å². The molecule has 1 aromatic heterocycles. The van der Waals surface area contributed by atoms with Crippen molar-refractivity contribution in [1.29, 1.82) is 0 Å². The number of H-pyrrole nitrogens is 1. The summed E-state index contributed by atoms with van der Waals surface area (Å²) in [6, 6.07) is 5.87. The van der Waals surface area contributed by atoms with Gasteiger partial charge in [-0.15, -0.1) is 0 Å². The summed E-state index contributed by atoms with van der Waals surface area (Å²) in [5.74, 6) is -0.370. The van der Waals surface area contributed by atoms with E-state index in [0.717, 1.165) is 10.9 Å². The van der Waals surface area contributed by atoms with Crippen LogP contribution >= 0.6 is 0 Å². The summed E-state index contributed by atoms with van der Waals surface area (Å²) >= 11 is 0. The highest BCUT2D eigenvalue weighted by atomic mass is 16.5. The lowest BCUT2D eigenvalue weighted by Crippen LogP contribution is -2.53. The summed E-state index contributed by atoms with van der Waals surface area (Å²) in [7, 11) is 1.58. The number of hydrogen-bond acceptors (Lipinski definition) is 5. The van der Waals surface area contributed by atoms with Crippen molar-refractivity contribution in [3.05, 3.63) is 42.1 Å². The van der Waals surface area contributed by atoms with Gasteiger partial charge in [-0.05, 0) is 43.4 Å². The number of hydrogen-bond donors (Lipinski definition) is 3. The Morgan fingerprint density at radius 1 is 1.28 bits per heavy atom. The number of carbonyl (C=O) groups excluding carboxylic acids is 4. The van der Waals surface area contributed by atoms with E-state index < -0.39 is 12.1 Å². The molecule has 3 amide bonds. The lowest BCUT2D eigenvalue weighted by molar-refractivity contribution is -0.132. The number of aromatic nitrogens is 1. The van der Waals surface area contributed by atoms with Crippen molar-refractivity contribution in [3.63, 3.8) is 0 Å². The standard InChI is InChI=1S/C27H32N4O5/c1-3-22(32)20(12-15-10-11-28-25(15)33)30-26(34)24-17-7-4-6-16(17)14-31(24)27(35)21-13-18-19(29-21)8-5-9-23(18)36-2/h4-6,8-9,13,15-17,20,24,29H,3,7,10-12,14H2,1-2H3,(H,28,33)(H,30,34). The molecule has 2 aliphatic heterocycles. The van der Waals surface area contributed by atoms with E-state index in [1.54, 1.807) is 25.0 Å². The third kappa shape index (κ3) is 4.27. The predicted octanol–water partition coefficient (Wildman–Crippen LogP) is 2.18. The average molecular weight is 493 g/mol. The monoisotopic (exact) mass is 492 g/mol. The molecule has 190 valence electrons. The van der Waals surface area contributed by atoms with Crippen LogP contribution in [0.15, 0.2) is 36.4 Å². The minimum Gasteiger partial charge on any atom is -0.496 e. The number of nitrogens with one attached hydrogen (secondary N) is 3. The molecule has 9 nitrogen and oxygen atoms in total. The molecule has 2 aromatic rings. The first-order valence-electron chi connectivity index (χ1n) is 12.7. The number of aromatic amines is 1. The molecular formula is C27H32N4O5. The number of methoxy groups -OCH3 is 1. The van der Waals surface area contributed by atoms with E-state index in [0.29, 0.717) is 37.4 Å². The summed E-state index contributed by atoms with van der Waals surface area (Å²) in [5.41, 5.74) is 1.17. The van der Waals surface area contributed by atoms with Crippen LogP contribution in [0.1, 0.15) is 43.1 Å². The zero-order valence-electron chi connectivity index (χ0n) is 20.6. The maximum atomic E-state index is 13.7. The number of ketones is 1. The highest BCUT2D eigenvalue weighted by molar-refractivity contribution is 6.02. The third-order valence-electron chi connectivity index (χ3n) is 7.83. The van der Waals surface area contributed by atoms with Gasteiger partial charge in [0, 0.05) is 42.2 Å². The lowest BCUT2D eigenvalue weighted by atomic mass is 9.91. The molecule has 5 rings (SSSR count). The fourth-order valence-corrected chi connectivity index (χ4v) is 5.91. The molecule has 0 spiro atoms. The molecule has 2 saturated heterocycles. The van der Waals surface area contributed by atoms with Crippen molar-refractivity contribution in [2.24, 2.45) is 17.8 Å². The molecule has 2 fully saturated rings. The Morgan fingerprint density at radius 3 is 2.83 bits per heavy atom. The van der Waals surface area contributed by atoms with E-state index in [1.165, 1.54) is 0 Å². The topological polar surface area (TPSA) is 121 Å². The van der Waals surface area contributed by atoms with Crippen LogP contribution in [0.3, 0.4) is 0 Å². The number of ether oxygens (including phenoxy) is 1. The van der Waals surface area contributed by atoms with Crippen LogP contribution in [0.25, 0.3) is 10.9 Å². The first-order chi connectivity index (χ1) is 17.4. The summed E-state index contributed by atoms with van der Waals surface area (Å²) in [6.45, 7) is 2.77. The highest BCUT2D eigenvalue weighted by Gasteiger charge is 2.49. The van der Waals surface area contributed by atoms with Crippen LogP contribution in [0.5, 0.6) is 5.75 Å². The lowest BCUT2D eigenvalue weighted by Gasteiger charge is -2.29. The third-order valence-corrected chi connectivity index (χ3v) is 7.83. The number of amides is 3. The largest absolute Gasteiger partial charge is 0.496 e. The molecule has 3 heterocycles. The molecule has 0 saturated carbocycles. The molecule has 1 aliphatic carbocycles. The number of likely N-dealkylation sites (tertiary alicyclic amines) is 1. The van der Waals surface area contributed by atoms with Gasteiger partial charge in [-0.1, -0.05) is 25.1 Å². The molecule has 9 heteroatoms. The number of fused-ring (bicyclic) bond motifs is 2. The van der Waals surface area contributed by atoms with Crippen molar-refractivity contribution >= 4 is 34.4 Å². The number of Topliss-reactive ketones (excluding diaryl/α,β-unsaturated/α-hetero) is 1. The smallest absolute Gasteiger partial charge is 0.271 e. The second kappa shape index (κ2) is 9.79. The molecule has 3 N–H and O–H groups in total. The number of rotatable bonds is 8. The van der Waals surface area contributed by atoms with E-state index >= 15 is 0 Å². The predicted molar refractivity (Wildman–Crippen MR) is 133 cm³/mol. The zero-order chi connectivity index (χ0) is 25.4. The summed E-state index contributed by atoms with van der Waals surface area (Å²) in [4.78, 5) is 57.0. The Balaban J connectivity index is 1.40. The van der Waals surface area contributed by atoms with Gasteiger partial charge in [-0.25, -0.2) is 0 Å². The fourth-order valence-electron chi connectivity index (χ4n) is 5.91. The zero-order valence-corrected chi connectivity index (χ0v) is 20.6. The van der Waals surface area contributed by atoms with Crippen molar-refractivity contribution < 1.29 is 23.9 Å². The number of carbonyl (C=O) groups is 4. The SMILES string of the molecule is CCC(=O)C(CC1CCNC1=O)NC(=O)C1C2CC=CC2CN1C(=O)c1cc2c(OC)cccc2[nH]1. The van der Waals surface area contributed by atoms with Crippen LogP contribution < -0.4 is 15.4 Å². The average Bonchev–Trinajstić information content (AvgIpc) is 3.66. The van der Waals surface area contributed by atoms with E-state index in [1.807, 2.05) is 18.2 Å². The van der Waals surface area contributed by atoms with Crippen molar-refractivity contribution in [2.45, 2.75) is 44.7 Å². The molecule has 5 unspecified atom stereocenters. The Bertz CT molecular complexity index is 1230. The van der Waals surface area contributed by atoms with Crippen LogP contribution in [-0.2, 0) is 14.4 Å². The van der Waals surface area contributed by atoms with E-state index in [4.69, 9.17) is 4.74 Å². The van der Waals surface area contributed by atoms with Gasteiger partial charge in [0.1, 0.15) is 17.5 Å². The molecule has 3 aliphatic rings. The Hall–Kier alpha value is -3.62. The maximum Gasteiger partial charge on any atom is 0.271 e. The quantitative estimate of drug-likeness (QED) is 0.488. The van der Waals surface area contributed by atoms with Gasteiger partial charge < -0.3 is 25.3 Å². The van der Waals surface area contributed by atoms with E-state index in [2.05, 4.69) is 27.8 Å². The molecular weight excluding hydrogens is 460 g/mol. The van der Waals surface area contributed by atoms with Crippen molar-refractivity contribution in [1.82, 2.24) is 20.5 Å². The minimum atomic E-state index is -0.751. The second-order valence-corrected chi connectivity index (χ2v) is 9.89. The van der Waals surface area contributed by atoms with Crippen molar-refractivity contribution in [2.75, 3.05) is 20.2 Å². The Morgan fingerprint density at radius 2 is 2.11 bits per heavy atom. The van der Waals surface area contributed by atoms with Gasteiger partial charge in [0.05, 0.1) is 13.2 Å². The Kier molecular flexibility index (Phi) is 6.55. The fraction of sp³-hybridized carbons (Fsp3) is 0.481. The summed E-state index contributed by atoms with van der Waals surface area (Å²) < 4.78 is 5.43. The molecule has 36 heavy (non-hydrogen) atoms. The molecule has 1 aromatic carbocycles. The van der Waals surface area contributed by atoms with Crippen molar-refractivity contribution in [3.8, 4) is 5.75 Å². The normalized spacial score (nSPS) is 25.6. The molecule has 0 bridgehead atoms. The van der Waals surface area contributed by atoms with E-state index in [9.17, 15) is 19.2 Å². The van der Waals surface area contributed by atoms with Crippen LogP contribution in [-0.4, -0.2) is 65.7 Å². The highest BCUT2D eigenvalue weighted by Crippen LogP contribution is 2.39. The molecule has 5 atom stereocenters. The Labute approximate surface area is 209 Å². The van der Waals surface area contributed by atoms with Gasteiger partial charge in [0.2, 0.25) is 11.8 Å². The first-order valence-corrected chi connectivity index (χ1v) is 12.7. The molecule has 0 radical (unpaired) electrons. The van der Waals surface area contributed by atoms with Crippen LogP contribution in [0, 0.1) is 17.8 Å². The van der Waals surface area contributed by atoms with Gasteiger partial charge >= 0.3 is 0 Å².